The zero-order chi connectivity index (χ0) is 6.69. The van der Waals surface area contributed by atoms with E-state index in [1.807, 2.05) is 0 Å². The molecule has 1 unspecified atom stereocenters. The molecule has 0 bridgehead atoms. The third kappa shape index (κ3) is 1.45. The monoisotopic (exact) mass is 128 g/mol. The number of carbonyl (C=O) groups is 1. The summed E-state index contributed by atoms with van der Waals surface area (Å²) < 4.78 is 9.18. The van der Waals surface area contributed by atoms with E-state index in [1.54, 1.807) is 6.08 Å². The summed E-state index contributed by atoms with van der Waals surface area (Å²) in [5.74, 6) is 0. The highest BCUT2D eigenvalue weighted by atomic mass is 16.8. The van der Waals surface area contributed by atoms with E-state index in [0.29, 0.717) is 13.0 Å². The highest BCUT2D eigenvalue weighted by molar-refractivity contribution is 5.61. The number of hydrogen-bond donors (Lipinski definition) is 0. The fourth-order valence-electron chi connectivity index (χ4n) is 0.667. The van der Waals surface area contributed by atoms with Crippen LogP contribution in [-0.2, 0) is 9.47 Å². The second-order valence-corrected chi connectivity index (χ2v) is 1.83. The molecule has 0 aromatic carbocycles. The zero-order valence-electron chi connectivity index (χ0n) is 5.00. The number of hydrogen-bond acceptors (Lipinski definition) is 3. The van der Waals surface area contributed by atoms with Crippen LogP contribution in [0.2, 0.25) is 0 Å². The van der Waals surface area contributed by atoms with Gasteiger partial charge in [-0.05, 0) is 0 Å². The van der Waals surface area contributed by atoms with Gasteiger partial charge in [0.1, 0.15) is 12.7 Å². The Kier molecular flexibility index (Phi) is 1.72. The summed E-state index contributed by atoms with van der Waals surface area (Å²) >= 11 is 0. The van der Waals surface area contributed by atoms with E-state index >= 15 is 0 Å². The summed E-state index contributed by atoms with van der Waals surface area (Å²) in [6, 6.07) is 0. The van der Waals surface area contributed by atoms with Crippen molar-refractivity contribution < 1.29 is 14.3 Å². The number of carbonyl (C=O) groups excluding carboxylic acids is 1. The molecule has 1 fully saturated rings. The first-order chi connectivity index (χ1) is 4.33. The number of cyclic esters (lactones) is 2. The lowest BCUT2D eigenvalue weighted by atomic mass is 10.3. The highest BCUT2D eigenvalue weighted by Crippen LogP contribution is 2.09. The molecule has 0 N–H and O–H groups in total. The van der Waals surface area contributed by atoms with Crippen molar-refractivity contribution in [1.82, 2.24) is 0 Å². The van der Waals surface area contributed by atoms with Gasteiger partial charge in [-0.3, -0.25) is 0 Å². The molecule has 0 saturated carbocycles. The molecule has 0 radical (unpaired) electrons. The summed E-state index contributed by atoms with van der Waals surface area (Å²) in [6.45, 7) is 3.87. The van der Waals surface area contributed by atoms with Crippen LogP contribution < -0.4 is 0 Å². The zero-order valence-corrected chi connectivity index (χ0v) is 5.00. The molecule has 1 aliphatic rings. The standard InChI is InChI=1S/C6H8O3/c1-2-3-5-4-8-6(7)9-5/h2,5H,1,3-4H2. The quantitative estimate of drug-likeness (QED) is 0.412. The molecular formula is C6H8O3. The van der Waals surface area contributed by atoms with Crippen molar-refractivity contribution >= 4 is 6.16 Å². The Hall–Kier alpha value is -0.990. The molecule has 0 aromatic rings. The van der Waals surface area contributed by atoms with Gasteiger partial charge in [-0.15, -0.1) is 6.58 Å². The number of rotatable bonds is 2. The van der Waals surface area contributed by atoms with E-state index in [1.165, 1.54) is 0 Å². The third-order valence-electron chi connectivity index (χ3n) is 1.08. The van der Waals surface area contributed by atoms with E-state index in [0.717, 1.165) is 0 Å². The average Bonchev–Trinajstić information content (AvgIpc) is 2.17. The minimum absolute atomic E-state index is 0.102. The maximum atomic E-state index is 10.2. The average molecular weight is 128 g/mol. The van der Waals surface area contributed by atoms with Crippen LogP contribution in [0.15, 0.2) is 12.7 Å². The molecule has 9 heavy (non-hydrogen) atoms. The minimum Gasteiger partial charge on any atom is -0.430 e. The van der Waals surface area contributed by atoms with Gasteiger partial charge >= 0.3 is 6.16 Å². The van der Waals surface area contributed by atoms with Crippen LogP contribution in [-0.4, -0.2) is 18.9 Å². The van der Waals surface area contributed by atoms with Gasteiger partial charge in [0, 0.05) is 6.42 Å². The van der Waals surface area contributed by atoms with Gasteiger partial charge in [0.25, 0.3) is 0 Å². The van der Waals surface area contributed by atoms with Crippen molar-refractivity contribution in [3.63, 3.8) is 0 Å². The summed E-state index contributed by atoms with van der Waals surface area (Å²) in [5.41, 5.74) is 0. The van der Waals surface area contributed by atoms with Crippen LogP contribution in [0.4, 0.5) is 4.79 Å². The molecule has 0 aromatic heterocycles. The highest BCUT2D eigenvalue weighted by Gasteiger charge is 2.22. The molecule has 1 heterocycles. The SMILES string of the molecule is C=CCC1COC(=O)O1. The fraction of sp³-hybridized carbons (Fsp3) is 0.500. The predicted molar refractivity (Wildman–Crippen MR) is 31.0 cm³/mol. The maximum Gasteiger partial charge on any atom is 0.508 e. The van der Waals surface area contributed by atoms with Crippen molar-refractivity contribution in [2.75, 3.05) is 6.61 Å². The first-order valence-corrected chi connectivity index (χ1v) is 2.77. The smallest absolute Gasteiger partial charge is 0.430 e. The van der Waals surface area contributed by atoms with Crippen LogP contribution >= 0.6 is 0 Å². The lowest BCUT2D eigenvalue weighted by Crippen LogP contribution is -2.07. The molecule has 0 amide bonds. The summed E-state index contributed by atoms with van der Waals surface area (Å²) in [4.78, 5) is 10.2. The Morgan fingerprint density at radius 3 is 3.11 bits per heavy atom. The van der Waals surface area contributed by atoms with Crippen LogP contribution in [0.5, 0.6) is 0 Å². The maximum absolute atomic E-state index is 10.2. The van der Waals surface area contributed by atoms with Gasteiger partial charge in [0.05, 0.1) is 0 Å². The molecular weight excluding hydrogens is 120 g/mol. The molecule has 1 saturated heterocycles. The van der Waals surface area contributed by atoms with Gasteiger partial charge < -0.3 is 9.47 Å². The molecule has 50 valence electrons. The third-order valence-corrected chi connectivity index (χ3v) is 1.08. The summed E-state index contributed by atoms with van der Waals surface area (Å²) in [6.07, 6.45) is 1.70. The van der Waals surface area contributed by atoms with Crippen molar-refractivity contribution in [3.05, 3.63) is 12.7 Å². The van der Waals surface area contributed by atoms with Crippen LogP contribution in [0, 0.1) is 0 Å². The second-order valence-electron chi connectivity index (χ2n) is 1.83. The Morgan fingerprint density at radius 1 is 1.89 bits per heavy atom. The molecule has 1 rings (SSSR count). The fourth-order valence-corrected chi connectivity index (χ4v) is 0.667. The van der Waals surface area contributed by atoms with Crippen molar-refractivity contribution in [3.8, 4) is 0 Å². The van der Waals surface area contributed by atoms with E-state index < -0.39 is 6.16 Å². The Balaban J connectivity index is 2.29. The van der Waals surface area contributed by atoms with Gasteiger partial charge in [-0.2, -0.15) is 0 Å². The molecule has 3 nitrogen and oxygen atoms in total. The van der Waals surface area contributed by atoms with Crippen LogP contribution in [0.25, 0.3) is 0 Å². The topological polar surface area (TPSA) is 35.5 Å². The normalized spacial score (nSPS) is 24.9. The van der Waals surface area contributed by atoms with Crippen LogP contribution in [0.3, 0.4) is 0 Å². The molecule has 0 spiro atoms. The van der Waals surface area contributed by atoms with E-state index in [4.69, 9.17) is 0 Å². The first kappa shape index (κ1) is 6.13. The Morgan fingerprint density at radius 2 is 2.67 bits per heavy atom. The molecule has 0 aliphatic carbocycles. The van der Waals surface area contributed by atoms with Gasteiger partial charge in [-0.25, -0.2) is 4.79 Å². The predicted octanol–water partition coefficient (Wildman–Crippen LogP) is 1.10. The lowest BCUT2D eigenvalue weighted by molar-refractivity contribution is 0.118. The first-order valence-electron chi connectivity index (χ1n) is 2.77. The van der Waals surface area contributed by atoms with Crippen molar-refractivity contribution in [2.45, 2.75) is 12.5 Å². The Bertz CT molecular complexity index is 130. The van der Waals surface area contributed by atoms with E-state index in [-0.39, 0.29) is 6.10 Å². The summed E-state index contributed by atoms with van der Waals surface area (Å²) in [5, 5.41) is 0. The second kappa shape index (κ2) is 2.53. The largest absolute Gasteiger partial charge is 0.508 e. The van der Waals surface area contributed by atoms with Gasteiger partial charge in [0.15, 0.2) is 0 Å². The molecule has 1 atom stereocenters. The van der Waals surface area contributed by atoms with E-state index in [2.05, 4.69) is 16.1 Å². The Labute approximate surface area is 53.3 Å². The summed E-state index contributed by atoms with van der Waals surface area (Å²) in [7, 11) is 0. The van der Waals surface area contributed by atoms with Gasteiger partial charge in [-0.1, -0.05) is 6.08 Å². The number of ether oxygens (including phenoxy) is 2. The van der Waals surface area contributed by atoms with Crippen molar-refractivity contribution in [2.24, 2.45) is 0 Å². The molecule has 1 aliphatic heterocycles. The minimum atomic E-state index is -0.568. The lowest BCUT2D eigenvalue weighted by Gasteiger charge is -1.98. The van der Waals surface area contributed by atoms with Crippen molar-refractivity contribution in [1.29, 1.82) is 0 Å². The van der Waals surface area contributed by atoms with E-state index in [9.17, 15) is 4.79 Å². The van der Waals surface area contributed by atoms with Crippen LogP contribution in [0.1, 0.15) is 6.42 Å². The van der Waals surface area contributed by atoms with Gasteiger partial charge in [0.2, 0.25) is 0 Å². The molecule has 3 heteroatoms.